The van der Waals surface area contributed by atoms with Crippen LogP contribution in [0.4, 0.5) is 0 Å². The molecule has 1 atom stereocenters. The fraction of sp³-hybridized carbons (Fsp3) is 0.875. The van der Waals surface area contributed by atoms with Crippen molar-refractivity contribution in [3.05, 3.63) is 12.2 Å². The zero-order chi connectivity index (χ0) is 13.4. The Morgan fingerprint density at radius 2 is 1.53 bits per heavy atom. The van der Waals surface area contributed by atoms with Gasteiger partial charge < -0.3 is 5.11 Å². The zero-order valence-electron chi connectivity index (χ0n) is 12.5. The van der Waals surface area contributed by atoms with Crippen LogP contribution in [0.5, 0.6) is 0 Å². The molecular weight excluding hydrogens is 208 g/mol. The van der Waals surface area contributed by atoms with Crippen LogP contribution in [0.25, 0.3) is 0 Å². The molecule has 0 aromatic heterocycles. The maximum Gasteiger partial charge on any atom is 0.0512 e. The van der Waals surface area contributed by atoms with Crippen LogP contribution < -0.4 is 0 Å². The van der Waals surface area contributed by atoms with Gasteiger partial charge in [0.25, 0.3) is 0 Å². The van der Waals surface area contributed by atoms with Crippen molar-refractivity contribution >= 4 is 0 Å². The fourth-order valence-electron chi connectivity index (χ4n) is 1.47. The molecule has 1 nitrogen and oxygen atoms in total. The van der Waals surface area contributed by atoms with E-state index < -0.39 is 0 Å². The summed E-state index contributed by atoms with van der Waals surface area (Å²) in [5, 5.41) is 8.85. The van der Waals surface area contributed by atoms with Gasteiger partial charge in [0, 0.05) is 0 Å². The Morgan fingerprint density at radius 1 is 0.882 bits per heavy atom. The minimum atomic E-state index is -0.0955. The van der Waals surface area contributed by atoms with Crippen LogP contribution in [0.2, 0.25) is 0 Å². The molecule has 0 saturated heterocycles. The van der Waals surface area contributed by atoms with E-state index >= 15 is 0 Å². The van der Waals surface area contributed by atoms with Gasteiger partial charge in [-0.05, 0) is 26.2 Å². The average Bonchev–Trinajstić information content (AvgIpc) is 2.31. The molecular formula is C16H34O. The van der Waals surface area contributed by atoms with E-state index in [1.165, 1.54) is 51.4 Å². The SMILES string of the molecule is CCC=CCCCC.CCCCCCC(C)O. The van der Waals surface area contributed by atoms with E-state index in [0.29, 0.717) is 0 Å². The van der Waals surface area contributed by atoms with E-state index in [1.54, 1.807) is 0 Å². The Labute approximate surface area is 109 Å². The van der Waals surface area contributed by atoms with Gasteiger partial charge in [0.15, 0.2) is 0 Å². The second-order valence-electron chi connectivity index (χ2n) is 4.72. The Hall–Kier alpha value is -0.300. The summed E-state index contributed by atoms with van der Waals surface area (Å²) in [6.45, 7) is 8.44. The Balaban J connectivity index is 0. The quantitative estimate of drug-likeness (QED) is 0.419. The van der Waals surface area contributed by atoms with E-state index in [0.717, 1.165) is 6.42 Å². The van der Waals surface area contributed by atoms with Crippen molar-refractivity contribution in [2.45, 2.75) is 91.6 Å². The molecule has 0 spiro atoms. The normalized spacial score (nSPS) is 12.3. The number of aliphatic hydroxyl groups excluding tert-OH is 1. The molecule has 0 rings (SSSR count). The Bertz CT molecular complexity index is 138. The molecule has 1 heteroatoms. The lowest BCUT2D eigenvalue weighted by Crippen LogP contribution is -1.97. The van der Waals surface area contributed by atoms with E-state index in [4.69, 9.17) is 5.11 Å². The van der Waals surface area contributed by atoms with Gasteiger partial charge in [0.1, 0.15) is 0 Å². The van der Waals surface area contributed by atoms with Crippen LogP contribution in [0, 0.1) is 0 Å². The maximum absolute atomic E-state index is 8.85. The van der Waals surface area contributed by atoms with Crippen molar-refractivity contribution in [3.8, 4) is 0 Å². The number of unbranched alkanes of at least 4 members (excludes halogenated alkanes) is 5. The highest BCUT2D eigenvalue weighted by Gasteiger charge is 1.93. The van der Waals surface area contributed by atoms with E-state index in [-0.39, 0.29) is 6.10 Å². The standard InChI is InChI=1S/C8H18O.C8H16/c1-3-4-5-6-7-8(2)9;1-3-5-7-8-6-4-2/h8-9H,3-7H2,1-2H3;5,7H,3-4,6,8H2,1-2H3. The number of allylic oxidation sites excluding steroid dienone is 2. The minimum absolute atomic E-state index is 0.0955. The second kappa shape index (κ2) is 18.1. The summed E-state index contributed by atoms with van der Waals surface area (Å²) in [5.41, 5.74) is 0. The molecule has 1 unspecified atom stereocenters. The van der Waals surface area contributed by atoms with Gasteiger partial charge in [-0.3, -0.25) is 0 Å². The fourth-order valence-corrected chi connectivity index (χ4v) is 1.47. The molecule has 0 saturated carbocycles. The number of rotatable bonds is 9. The van der Waals surface area contributed by atoms with Crippen molar-refractivity contribution in [2.75, 3.05) is 0 Å². The molecule has 1 N–H and O–H groups in total. The van der Waals surface area contributed by atoms with Gasteiger partial charge in [0.2, 0.25) is 0 Å². The number of aliphatic hydroxyl groups is 1. The molecule has 0 fully saturated rings. The lowest BCUT2D eigenvalue weighted by atomic mass is 10.1. The third-order valence-electron chi connectivity index (χ3n) is 2.60. The predicted molar refractivity (Wildman–Crippen MR) is 79.4 cm³/mol. The Kier molecular flexibility index (Phi) is 20.3. The molecule has 0 aromatic rings. The molecule has 104 valence electrons. The van der Waals surface area contributed by atoms with Crippen LogP contribution in [0.1, 0.15) is 85.5 Å². The van der Waals surface area contributed by atoms with E-state index in [9.17, 15) is 0 Å². The monoisotopic (exact) mass is 242 g/mol. The third-order valence-corrected chi connectivity index (χ3v) is 2.60. The van der Waals surface area contributed by atoms with Crippen LogP contribution >= 0.6 is 0 Å². The van der Waals surface area contributed by atoms with Gasteiger partial charge in [-0.15, -0.1) is 0 Å². The smallest absolute Gasteiger partial charge is 0.0512 e. The minimum Gasteiger partial charge on any atom is -0.393 e. The number of hydrogen-bond acceptors (Lipinski definition) is 1. The highest BCUT2D eigenvalue weighted by molar-refractivity contribution is 4.79. The van der Waals surface area contributed by atoms with E-state index in [1.807, 2.05) is 6.92 Å². The van der Waals surface area contributed by atoms with Crippen molar-refractivity contribution < 1.29 is 5.11 Å². The summed E-state index contributed by atoms with van der Waals surface area (Å²) >= 11 is 0. The topological polar surface area (TPSA) is 20.2 Å². The third kappa shape index (κ3) is 25.7. The zero-order valence-corrected chi connectivity index (χ0v) is 12.5. The van der Waals surface area contributed by atoms with Crippen molar-refractivity contribution in [1.82, 2.24) is 0 Å². The summed E-state index contributed by atoms with van der Waals surface area (Å²) in [5.74, 6) is 0. The molecule has 0 aliphatic carbocycles. The maximum atomic E-state index is 8.85. The van der Waals surface area contributed by atoms with Crippen molar-refractivity contribution in [3.63, 3.8) is 0 Å². The number of hydrogen-bond donors (Lipinski definition) is 1. The van der Waals surface area contributed by atoms with Crippen LogP contribution in [0.3, 0.4) is 0 Å². The van der Waals surface area contributed by atoms with Gasteiger partial charge in [-0.2, -0.15) is 0 Å². The average molecular weight is 242 g/mol. The first-order valence-electron chi connectivity index (χ1n) is 7.51. The Morgan fingerprint density at radius 3 is 2.00 bits per heavy atom. The first-order valence-corrected chi connectivity index (χ1v) is 7.51. The molecule has 0 bridgehead atoms. The van der Waals surface area contributed by atoms with Gasteiger partial charge in [-0.25, -0.2) is 0 Å². The first kappa shape index (κ1) is 19.0. The highest BCUT2D eigenvalue weighted by Crippen LogP contribution is 2.04. The molecule has 0 heterocycles. The lowest BCUT2D eigenvalue weighted by molar-refractivity contribution is 0.180. The van der Waals surface area contributed by atoms with Gasteiger partial charge in [0.05, 0.1) is 6.10 Å². The van der Waals surface area contributed by atoms with Crippen LogP contribution in [0.15, 0.2) is 12.2 Å². The molecule has 0 aliphatic rings. The molecule has 0 radical (unpaired) electrons. The largest absolute Gasteiger partial charge is 0.393 e. The molecule has 0 aromatic carbocycles. The molecule has 0 aliphatic heterocycles. The lowest BCUT2D eigenvalue weighted by Gasteiger charge is -2.01. The van der Waals surface area contributed by atoms with Gasteiger partial charge >= 0.3 is 0 Å². The first-order chi connectivity index (χ1) is 8.18. The summed E-state index contributed by atoms with van der Waals surface area (Å²) in [7, 11) is 0. The summed E-state index contributed by atoms with van der Waals surface area (Å²) in [6, 6.07) is 0. The molecule has 0 amide bonds. The summed E-state index contributed by atoms with van der Waals surface area (Å²) in [4.78, 5) is 0. The second-order valence-corrected chi connectivity index (χ2v) is 4.72. The molecule has 17 heavy (non-hydrogen) atoms. The van der Waals surface area contributed by atoms with Crippen LogP contribution in [-0.2, 0) is 0 Å². The van der Waals surface area contributed by atoms with Gasteiger partial charge in [-0.1, -0.05) is 71.4 Å². The highest BCUT2D eigenvalue weighted by atomic mass is 16.3. The summed E-state index contributed by atoms with van der Waals surface area (Å²) < 4.78 is 0. The van der Waals surface area contributed by atoms with Crippen LogP contribution in [-0.4, -0.2) is 11.2 Å². The van der Waals surface area contributed by atoms with Crippen molar-refractivity contribution in [1.29, 1.82) is 0 Å². The van der Waals surface area contributed by atoms with E-state index in [2.05, 4.69) is 32.9 Å². The van der Waals surface area contributed by atoms with Crippen molar-refractivity contribution in [2.24, 2.45) is 0 Å². The summed E-state index contributed by atoms with van der Waals surface area (Å²) in [6.07, 6.45) is 15.5. The predicted octanol–water partition coefficient (Wildman–Crippen LogP) is 5.48.